The summed E-state index contributed by atoms with van der Waals surface area (Å²) in [5.41, 5.74) is 1.97. The Kier molecular flexibility index (Phi) is 5.54. The standard InChI is InChI=1S/C16H17N3O4S/c1-10-7-14(19(20)21)15(23-3)9-13(10)18-16(24)17-11-5-4-6-12(8-11)22-2/h4-9H,1-3H3,(H2,17,18,24). The molecule has 2 N–H and O–H groups in total. The quantitative estimate of drug-likeness (QED) is 0.484. The smallest absolute Gasteiger partial charge is 0.311 e. The third kappa shape index (κ3) is 4.11. The number of hydrogen-bond donors (Lipinski definition) is 2. The summed E-state index contributed by atoms with van der Waals surface area (Å²) in [4.78, 5) is 10.5. The van der Waals surface area contributed by atoms with Crippen LogP contribution in [-0.4, -0.2) is 24.3 Å². The highest BCUT2D eigenvalue weighted by Gasteiger charge is 2.17. The number of methoxy groups -OCH3 is 2. The lowest BCUT2D eigenvalue weighted by Crippen LogP contribution is -2.19. The second kappa shape index (κ2) is 7.60. The number of nitrogens with one attached hydrogen (secondary N) is 2. The minimum atomic E-state index is -0.484. The van der Waals surface area contributed by atoms with Gasteiger partial charge < -0.3 is 20.1 Å². The second-order valence-electron chi connectivity index (χ2n) is 4.91. The Morgan fingerprint density at radius 2 is 1.92 bits per heavy atom. The van der Waals surface area contributed by atoms with Crippen LogP contribution in [0.15, 0.2) is 36.4 Å². The van der Waals surface area contributed by atoms with Crippen LogP contribution in [0.2, 0.25) is 0 Å². The molecule has 0 saturated carbocycles. The molecule has 0 saturated heterocycles. The molecule has 0 aliphatic carbocycles. The summed E-state index contributed by atoms with van der Waals surface area (Å²) in [6, 6.07) is 10.3. The minimum absolute atomic E-state index is 0.0905. The van der Waals surface area contributed by atoms with E-state index in [2.05, 4.69) is 10.6 Å². The van der Waals surface area contributed by atoms with Crippen molar-refractivity contribution in [1.82, 2.24) is 0 Å². The number of hydrogen-bond acceptors (Lipinski definition) is 5. The zero-order chi connectivity index (χ0) is 17.7. The van der Waals surface area contributed by atoms with Gasteiger partial charge in [-0.2, -0.15) is 0 Å². The number of ether oxygens (including phenoxy) is 2. The van der Waals surface area contributed by atoms with Crippen LogP contribution in [0.4, 0.5) is 17.1 Å². The molecule has 2 rings (SSSR count). The number of aryl methyl sites for hydroxylation is 1. The van der Waals surface area contributed by atoms with Gasteiger partial charge in [0.2, 0.25) is 0 Å². The Hall–Kier alpha value is -2.87. The van der Waals surface area contributed by atoms with Gasteiger partial charge in [-0.1, -0.05) is 6.07 Å². The van der Waals surface area contributed by atoms with Gasteiger partial charge in [0.15, 0.2) is 10.9 Å². The van der Waals surface area contributed by atoms with E-state index < -0.39 is 4.92 Å². The van der Waals surface area contributed by atoms with Crippen molar-refractivity contribution in [1.29, 1.82) is 0 Å². The molecule has 0 bridgehead atoms. The predicted octanol–water partition coefficient (Wildman–Crippen LogP) is 3.73. The Balaban J connectivity index is 2.17. The zero-order valence-electron chi connectivity index (χ0n) is 13.5. The van der Waals surface area contributed by atoms with E-state index in [1.165, 1.54) is 13.2 Å². The van der Waals surface area contributed by atoms with Gasteiger partial charge >= 0.3 is 5.69 Å². The van der Waals surface area contributed by atoms with Crippen molar-refractivity contribution in [3.8, 4) is 11.5 Å². The van der Waals surface area contributed by atoms with Crippen LogP contribution >= 0.6 is 12.2 Å². The number of rotatable bonds is 5. The van der Waals surface area contributed by atoms with Gasteiger partial charge in [0.1, 0.15) is 5.75 Å². The lowest BCUT2D eigenvalue weighted by molar-refractivity contribution is -0.385. The number of anilines is 2. The molecule has 7 nitrogen and oxygen atoms in total. The highest BCUT2D eigenvalue weighted by Crippen LogP contribution is 2.32. The largest absolute Gasteiger partial charge is 0.497 e. The maximum absolute atomic E-state index is 11.0. The lowest BCUT2D eigenvalue weighted by Gasteiger charge is -2.14. The first kappa shape index (κ1) is 17.5. The number of nitro groups is 1. The highest BCUT2D eigenvalue weighted by molar-refractivity contribution is 7.80. The van der Waals surface area contributed by atoms with E-state index in [1.54, 1.807) is 26.2 Å². The summed E-state index contributed by atoms with van der Waals surface area (Å²) in [7, 11) is 2.97. The van der Waals surface area contributed by atoms with Crippen molar-refractivity contribution in [2.45, 2.75) is 6.92 Å². The van der Waals surface area contributed by atoms with Crippen molar-refractivity contribution < 1.29 is 14.4 Å². The SMILES string of the molecule is COc1cccc(NC(=S)Nc2cc(OC)c([N+](=O)[O-])cc2C)c1. The van der Waals surface area contributed by atoms with Gasteiger partial charge in [-0.15, -0.1) is 0 Å². The third-order valence-corrected chi connectivity index (χ3v) is 3.50. The van der Waals surface area contributed by atoms with Gasteiger partial charge in [0.05, 0.1) is 19.1 Å². The predicted molar refractivity (Wildman–Crippen MR) is 97.2 cm³/mol. The van der Waals surface area contributed by atoms with Crippen molar-refractivity contribution in [2.24, 2.45) is 0 Å². The van der Waals surface area contributed by atoms with Crippen LogP contribution < -0.4 is 20.1 Å². The van der Waals surface area contributed by atoms with Crippen molar-refractivity contribution in [3.63, 3.8) is 0 Å². The summed E-state index contributed by atoms with van der Waals surface area (Å²) in [5, 5.41) is 17.4. The van der Waals surface area contributed by atoms with Crippen LogP contribution in [0, 0.1) is 17.0 Å². The van der Waals surface area contributed by atoms with Gasteiger partial charge in [-0.05, 0) is 36.8 Å². The fraction of sp³-hybridized carbons (Fsp3) is 0.188. The molecule has 0 heterocycles. The Morgan fingerprint density at radius 1 is 1.17 bits per heavy atom. The number of thiocarbonyl (C=S) groups is 1. The molecule has 0 unspecified atom stereocenters. The van der Waals surface area contributed by atoms with Crippen molar-refractivity contribution in [3.05, 3.63) is 52.1 Å². The van der Waals surface area contributed by atoms with Gasteiger partial charge in [0.25, 0.3) is 0 Å². The first-order valence-electron chi connectivity index (χ1n) is 6.99. The van der Waals surface area contributed by atoms with Gasteiger partial charge in [-0.25, -0.2) is 0 Å². The number of benzene rings is 2. The summed E-state index contributed by atoms with van der Waals surface area (Å²) in [6.07, 6.45) is 0. The minimum Gasteiger partial charge on any atom is -0.497 e. The van der Waals surface area contributed by atoms with Crippen molar-refractivity contribution >= 4 is 34.4 Å². The first-order valence-corrected chi connectivity index (χ1v) is 7.40. The molecule has 0 spiro atoms. The first-order chi connectivity index (χ1) is 11.4. The maximum Gasteiger partial charge on any atom is 0.311 e. The molecule has 126 valence electrons. The monoisotopic (exact) mass is 347 g/mol. The fourth-order valence-electron chi connectivity index (χ4n) is 2.10. The summed E-state index contributed by atoms with van der Waals surface area (Å²) < 4.78 is 10.2. The fourth-order valence-corrected chi connectivity index (χ4v) is 2.33. The van der Waals surface area contributed by atoms with Crippen molar-refractivity contribution in [2.75, 3.05) is 24.9 Å². The van der Waals surface area contributed by atoms with Crippen LogP contribution in [0.1, 0.15) is 5.56 Å². The van der Waals surface area contributed by atoms with Gasteiger partial charge in [-0.3, -0.25) is 10.1 Å². The topological polar surface area (TPSA) is 85.7 Å². The molecule has 0 radical (unpaired) electrons. The molecule has 0 atom stereocenters. The Labute approximate surface area is 144 Å². The summed E-state index contributed by atoms with van der Waals surface area (Å²) in [5.74, 6) is 0.869. The average molecular weight is 347 g/mol. The molecular weight excluding hydrogens is 330 g/mol. The Morgan fingerprint density at radius 3 is 2.54 bits per heavy atom. The molecule has 0 fully saturated rings. The van der Waals surface area contributed by atoms with E-state index in [0.29, 0.717) is 22.1 Å². The van der Waals surface area contributed by atoms with E-state index in [1.807, 2.05) is 18.2 Å². The van der Waals surface area contributed by atoms with E-state index in [-0.39, 0.29) is 11.4 Å². The Bertz CT molecular complexity index is 780. The third-order valence-electron chi connectivity index (χ3n) is 3.30. The molecular formula is C16H17N3O4S. The molecule has 24 heavy (non-hydrogen) atoms. The van der Waals surface area contributed by atoms with Crippen LogP contribution in [0.3, 0.4) is 0 Å². The van der Waals surface area contributed by atoms with Gasteiger partial charge in [0, 0.05) is 29.6 Å². The summed E-state index contributed by atoms with van der Waals surface area (Å²) >= 11 is 5.28. The molecule has 0 aromatic heterocycles. The second-order valence-corrected chi connectivity index (χ2v) is 5.32. The maximum atomic E-state index is 11.0. The lowest BCUT2D eigenvalue weighted by atomic mass is 10.1. The molecule has 0 amide bonds. The zero-order valence-corrected chi connectivity index (χ0v) is 14.3. The molecule has 0 aliphatic heterocycles. The molecule has 0 aliphatic rings. The number of nitro benzene ring substituents is 1. The van der Waals surface area contributed by atoms with Crippen LogP contribution in [-0.2, 0) is 0 Å². The molecule has 2 aromatic rings. The summed E-state index contributed by atoms with van der Waals surface area (Å²) in [6.45, 7) is 1.75. The van der Waals surface area contributed by atoms with E-state index >= 15 is 0 Å². The van der Waals surface area contributed by atoms with E-state index in [0.717, 1.165) is 5.69 Å². The van der Waals surface area contributed by atoms with Crippen LogP contribution in [0.25, 0.3) is 0 Å². The normalized spacial score (nSPS) is 9.96. The molecule has 2 aromatic carbocycles. The number of nitrogens with zero attached hydrogens (tertiary/aromatic N) is 1. The van der Waals surface area contributed by atoms with E-state index in [4.69, 9.17) is 21.7 Å². The molecule has 8 heteroatoms. The van der Waals surface area contributed by atoms with E-state index in [9.17, 15) is 10.1 Å². The average Bonchev–Trinajstić information content (AvgIpc) is 2.56. The van der Waals surface area contributed by atoms with Crippen LogP contribution in [0.5, 0.6) is 11.5 Å². The highest BCUT2D eigenvalue weighted by atomic mass is 32.1.